The van der Waals surface area contributed by atoms with Gasteiger partial charge >= 0.3 is 5.97 Å². The molecule has 0 aliphatic heterocycles. The van der Waals surface area contributed by atoms with Gasteiger partial charge in [-0.3, -0.25) is 4.99 Å². The summed E-state index contributed by atoms with van der Waals surface area (Å²) < 4.78 is 6.15. The van der Waals surface area contributed by atoms with Crippen LogP contribution in [0.15, 0.2) is 45.9 Å². The van der Waals surface area contributed by atoms with Crippen LogP contribution in [0.4, 0.5) is 5.69 Å². The van der Waals surface area contributed by atoms with Crippen molar-refractivity contribution in [2.75, 3.05) is 6.61 Å². The molecule has 114 valence electrons. The standard InChI is InChI=1S/C17H16BrNO3/c1-11-3-5-15(7-12(11)2)19-9-13-8-14(18)4-6-16(13)22-10-17(20)21/h3-9H,10H2,1-2H3,(H,20,21). The van der Waals surface area contributed by atoms with Crippen LogP contribution >= 0.6 is 15.9 Å². The quantitative estimate of drug-likeness (QED) is 0.808. The number of aliphatic carboxylic acids is 1. The van der Waals surface area contributed by atoms with Crippen molar-refractivity contribution in [2.45, 2.75) is 13.8 Å². The van der Waals surface area contributed by atoms with Crippen LogP contribution in [0.1, 0.15) is 16.7 Å². The lowest BCUT2D eigenvalue weighted by Crippen LogP contribution is -2.10. The number of nitrogens with zero attached hydrogens (tertiary/aromatic N) is 1. The van der Waals surface area contributed by atoms with Gasteiger partial charge in [-0.15, -0.1) is 0 Å². The van der Waals surface area contributed by atoms with E-state index in [9.17, 15) is 4.79 Å². The Kier molecular flexibility index (Phi) is 5.33. The van der Waals surface area contributed by atoms with Crippen LogP contribution in [-0.2, 0) is 4.79 Å². The number of hydrogen-bond donors (Lipinski definition) is 1. The minimum Gasteiger partial charge on any atom is -0.481 e. The molecule has 0 saturated carbocycles. The van der Waals surface area contributed by atoms with E-state index in [2.05, 4.69) is 27.8 Å². The number of ether oxygens (including phenoxy) is 1. The van der Waals surface area contributed by atoms with Gasteiger partial charge in [0.1, 0.15) is 5.75 Å². The number of aliphatic imine (C=N–C) groups is 1. The molecule has 0 bridgehead atoms. The SMILES string of the molecule is Cc1ccc(N=Cc2cc(Br)ccc2OCC(=O)O)cc1C. The second-order valence-electron chi connectivity index (χ2n) is 4.89. The molecule has 0 spiro atoms. The van der Waals surface area contributed by atoms with Gasteiger partial charge in [0.05, 0.1) is 5.69 Å². The van der Waals surface area contributed by atoms with Gasteiger partial charge in [-0.2, -0.15) is 0 Å². The largest absolute Gasteiger partial charge is 0.481 e. The van der Waals surface area contributed by atoms with Crippen molar-refractivity contribution in [2.24, 2.45) is 4.99 Å². The average Bonchev–Trinajstić information content (AvgIpc) is 2.47. The van der Waals surface area contributed by atoms with Crippen LogP contribution < -0.4 is 4.74 Å². The van der Waals surface area contributed by atoms with E-state index in [1.54, 1.807) is 18.3 Å². The van der Waals surface area contributed by atoms with Crippen LogP contribution in [0.3, 0.4) is 0 Å². The van der Waals surface area contributed by atoms with Crippen molar-refractivity contribution in [3.05, 3.63) is 57.6 Å². The Balaban J connectivity index is 2.26. The fourth-order valence-electron chi connectivity index (χ4n) is 1.84. The maximum Gasteiger partial charge on any atom is 0.341 e. The second-order valence-corrected chi connectivity index (χ2v) is 5.81. The van der Waals surface area contributed by atoms with Crippen molar-refractivity contribution in [3.63, 3.8) is 0 Å². The monoisotopic (exact) mass is 361 g/mol. The van der Waals surface area contributed by atoms with Gasteiger partial charge in [-0.25, -0.2) is 4.79 Å². The lowest BCUT2D eigenvalue weighted by atomic mass is 10.1. The summed E-state index contributed by atoms with van der Waals surface area (Å²) >= 11 is 3.39. The van der Waals surface area contributed by atoms with Gasteiger partial charge in [0, 0.05) is 16.3 Å². The molecule has 0 aromatic heterocycles. The summed E-state index contributed by atoms with van der Waals surface area (Å²) in [5.41, 5.74) is 3.94. The van der Waals surface area contributed by atoms with Gasteiger partial charge in [0.15, 0.2) is 6.61 Å². The zero-order valence-electron chi connectivity index (χ0n) is 12.3. The number of hydrogen-bond acceptors (Lipinski definition) is 3. The zero-order chi connectivity index (χ0) is 16.1. The number of benzene rings is 2. The summed E-state index contributed by atoms with van der Waals surface area (Å²) in [5.74, 6) is -0.529. The van der Waals surface area contributed by atoms with Crippen LogP contribution in [0.25, 0.3) is 0 Å². The molecule has 0 saturated heterocycles. The molecule has 0 amide bonds. The summed E-state index contributed by atoms with van der Waals surface area (Å²) in [6.45, 7) is 3.70. The molecule has 0 heterocycles. The Morgan fingerprint density at radius 2 is 2.00 bits per heavy atom. The topological polar surface area (TPSA) is 58.9 Å². The lowest BCUT2D eigenvalue weighted by molar-refractivity contribution is -0.139. The molecule has 0 aliphatic carbocycles. The fraction of sp³-hybridized carbons (Fsp3) is 0.176. The first-order chi connectivity index (χ1) is 10.5. The zero-order valence-corrected chi connectivity index (χ0v) is 13.9. The van der Waals surface area contributed by atoms with Crippen LogP contribution in [0, 0.1) is 13.8 Å². The van der Waals surface area contributed by atoms with E-state index in [4.69, 9.17) is 9.84 Å². The maximum absolute atomic E-state index is 10.6. The molecular weight excluding hydrogens is 346 g/mol. The first kappa shape index (κ1) is 16.2. The first-order valence-electron chi connectivity index (χ1n) is 6.71. The molecule has 5 heteroatoms. The minimum atomic E-state index is -1.01. The smallest absolute Gasteiger partial charge is 0.341 e. The summed E-state index contributed by atoms with van der Waals surface area (Å²) in [6.07, 6.45) is 1.67. The lowest BCUT2D eigenvalue weighted by Gasteiger charge is -2.07. The van der Waals surface area contributed by atoms with Crippen molar-refractivity contribution < 1.29 is 14.6 Å². The van der Waals surface area contributed by atoms with E-state index >= 15 is 0 Å². The predicted molar refractivity (Wildman–Crippen MR) is 90.4 cm³/mol. The van der Waals surface area contributed by atoms with Crippen LogP contribution in [-0.4, -0.2) is 23.9 Å². The third-order valence-corrected chi connectivity index (χ3v) is 3.66. The van der Waals surface area contributed by atoms with E-state index in [1.807, 2.05) is 31.2 Å². The molecule has 0 fully saturated rings. The van der Waals surface area contributed by atoms with Crippen molar-refractivity contribution in [1.82, 2.24) is 0 Å². The second kappa shape index (κ2) is 7.22. The minimum absolute atomic E-state index is 0.383. The highest BCUT2D eigenvalue weighted by atomic mass is 79.9. The average molecular weight is 362 g/mol. The summed E-state index contributed by atoms with van der Waals surface area (Å²) in [5, 5.41) is 8.72. The molecule has 0 unspecified atom stereocenters. The number of carboxylic acids is 1. The third-order valence-electron chi connectivity index (χ3n) is 3.17. The number of rotatable bonds is 5. The molecule has 0 radical (unpaired) electrons. The van der Waals surface area contributed by atoms with Crippen molar-refractivity contribution in [3.8, 4) is 5.75 Å². The van der Waals surface area contributed by atoms with Gasteiger partial charge in [-0.1, -0.05) is 22.0 Å². The number of carbonyl (C=O) groups is 1. The van der Waals surface area contributed by atoms with Crippen LogP contribution in [0.2, 0.25) is 0 Å². The number of halogens is 1. The van der Waals surface area contributed by atoms with Gasteiger partial charge in [0.2, 0.25) is 0 Å². The predicted octanol–water partition coefficient (Wildman–Crippen LogP) is 4.28. The molecule has 0 atom stereocenters. The summed E-state index contributed by atoms with van der Waals surface area (Å²) in [4.78, 5) is 15.1. The van der Waals surface area contributed by atoms with E-state index in [0.717, 1.165) is 10.2 Å². The Hall–Kier alpha value is -2.14. The van der Waals surface area contributed by atoms with Gasteiger partial charge in [0.25, 0.3) is 0 Å². The molecule has 1 N–H and O–H groups in total. The fourth-order valence-corrected chi connectivity index (χ4v) is 2.22. The molecule has 2 aromatic carbocycles. The normalized spacial score (nSPS) is 10.9. The number of aryl methyl sites for hydroxylation is 2. The third kappa shape index (κ3) is 4.43. The number of carboxylic acid groups (broad SMARTS) is 1. The molecule has 22 heavy (non-hydrogen) atoms. The highest BCUT2D eigenvalue weighted by molar-refractivity contribution is 9.10. The Morgan fingerprint density at radius 3 is 2.68 bits per heavy atom. The van der Waals surface area contributed by atoms with E-state index in [1.165, 1.54) is 11.1 Å². The Morgan fingerprint density at radius 1 is 1.23 bits per heavy atom. The van der Waals surface area contributed by atoms with Crippen LogP contribution in [0.5, 0.6) is 5.75 Å². The Labute approximate surface area is 137 Å². The van der Waals surface area contributed by atoms with Crippen molar-refractivity contribution in [1.29, 1.82) is 0 Å². The van der Waals surface area contributed by atoms with Gasteiger partial charge in [-0.05, 0) is 55.3 Å². The molecule has 0 aliphatic rings. The highest BCUT2D eigenvalue weighted by Crippen LogP contribution is 2.23. The maximum atomic E-state index is 10.6. The van der Waals surface area contributed by atoms with E-state index in [-0.39, 0.29) is 6.61 Å². The van der Waals surface area contributed by atoms with Crippen molar-refractivity contribution >= 4 is 33.8 Å². The molecule has 4 nitrogen and oxygen atoms in total. The molecule has 2 rings (SSSR count). The van der Waals surface area contributed by atoms with E-state index in [0.29, 0.717) is 11.3 Å². The summed E-state index contributed by atoms with van der Waals surface area (Å²) in [7, 11) is 0. The summed E-state index contributed by atoms with van der Waals surface area (Å²) in [6, 6.07) is 11.3. The molecule has 2 aromatic rings. The Bertz CT molecular complexity index is 726. The first-order valence-corrected chi connectivity index (χ1v) is 7.50. The highest BCUT2D eigenvalue weighted by Gasteiger charge is 2.05. The van der Waals surface area contributed by atoms with Gasteiger partial charge < -0.3 is 9.84 Å². The molecular formula is C17H16BrNO3. The van der Waals surface area contributed by atoms with E-state index < -0.39 is 5.97 Å².